The Morgan fingerprint density at radius 1 is 0.400 bits per heavy atom. The molecule has 1 spiro atoms. The minimum absolute atomic E-state index is 0.582. The summed E-state index contributed by atoms with van der Waals surface area (Å²) in [6, 6.07) is 72.3. The van der Waals surface area contributed by atoms with Crippen molar-refractivity contribution < 1.29 is 4.57 Å². The van der Waals surface area contributed by atoms with Crippen LogP contribution in [0, 0.1) is 0 Å². The van der Waals surface area contributed by atoms with Crippen molar-refractivity contribution in [3.8, 4) is 44.6 Å². The first-order valence-corrected chi connectivity index (χ1v) is 20.5. The fraction of sp³-hybridized carbons (Fsp3) is 0.0192. The van der Waals surface area contributed by atoms with E-state index in [1.54, 1.807) is 0 Å². The Morgan fingerprint density at radius 2 is 0.891 bits per heavy atom. The van der Waals surface area contributed by atoms with E-state index in [0.717, 1.165) is 49.2 Å². The zero-order valence-electron chi connectivity index (χ0n) is 29.9. The van der Waals surface area contributed by atoms with Crippen LogP contribution in [0.4, 0.5) is 0 Å². The van der Waals surface area contributed by atoms with Gasteiger partial charge in [-0.3, -0.25) is 0 Å². The summed E-state index contributed by atoms with van der Waals surface area (Å²) in [7, 11) is -3.19. The van der Waals surface area contributed by atoms with E-state index in [-0.39, 0.29) is 0 Å². The second-order valence-corrected chi connectivity index (χ2v) is 17.3. The molecule has 0 saturated heterocycles. The first-order valence-electron chi connectivity index (χ1n) is 18.8. The van der Waals surface area contributed by atoms with Gasteiger partial charge in [0.2, 0.25) is 0 Å². The van der Waals surface area contributed by atoms with Gasteiger partial charge in [-0.1, -0.05) is 194 Å². The third-order valence-corrected chi connectivity index (χ3v) is 14.8. The maximum atomic E-state index is 15.6. The van der Waals surface area contributed by atoms with Gasteiger partial charge in [0.1, 0.15) is 0 Å². The summed E-state index contributed by atoms with van der Waals surface area (Å²) < 4.78 is 15.6. The Hall–Kier alpha value is -6.60. The number of hydrogen-bond acceptors (Lipinski definition) is 2. The van der Waals surface area contributed by atoms with Gasteiger partial charge in [-0.2, -0.15) is 0 Å². The Kier molecular flexibility index (Phi) is 7.08. The van der Waals surface area contributed by atoms with Gasteiger partial charge in [0.25, 0.3) is 0 Å². The minimum Gasteiger partial charge on any atom is -0.309 e. The molecule has 0 N–H and O–H groups in total. The quantitative estimate of drug-likeness (QED) is 0.166. The van der Waals surface area contributed by atoms with E-state index in [2.05, 4.69) is 140 Å². The van der Waals surface area contributed by atoms with E-state index in [1.165, 1.54) is 44.5 Å². The fourth-order valence-corrected chi connectivity index (χ4v) is 12.2. The molecule has 1 heterocycles. The number of aromatic nitrogens is 1. The van der Waals surface area contributed by atoms with Crippen molar-refractivity contribution in [1.82, 2.24) is 4.98 Å². The maximum Gasteiger partial charge on any atom is 0.171 e. The molecule has 0 fully saturated rings. The van der Waals surface area contributed by atoms with E-state index in [9.17, 15) is 0 Å². The molecule has 2 nitrogen and oxygen atoms in total. The number of nitrogens with zero attached hydrogens (tertiary/aromatic N) is 1. The van der Waals surface area contributed by atoms with Gasteiger partial charge in [-0.25, -0.2) is 4.98 Å². The Bertz CT molecular complexity index is 2970. The van der Waals surface area contributed by atoms with Gasteiger partial charge in [0.15, 0.2) is 7.14 Å². The molecule has 1 atom stereocenters. The SMILES string of the molecule is O=P(c1ccccc1)(c1ccccc1)c1cccc(-c2cccc3c2-c2ccccc2C32c3ccccc3-c3c(-c4ccccc4)nc4ccccc4c32)c1. The van der Waals surface area contributed by atoms with Gasteiger partial charge >= 0.3 is 0 Å². The lowest BCUT2D eigenvalue weighted by molar-refractivity contribution is 0.592. The van der Waals surface area contributed by atoms with E-state index in [0.29, 0.717) is 0 Å². The molecule has 9 aromatic rings. The molecule has 8 aromatic carbocycles. The van der Waals surface area contributed by atoms with Crippen LogP contribution in [0.1, 0.15) is 22.3 Å². The minimum atomic E-state index is -3.19. The zero-order valence-corrected chi connectivity index (χ0v) is 30.8. The summed E-state index contributed by atoms with van der Waals surface area (Å²) in [6.07, 6.45) is 0. The Labute approximate surface area is 320 Å². The first-order chi connectivity index (χ1) is 27.2. The van der Waals surface area contributed by atoms with Gasteiger partial charge in [0.05, 0.1) is 16.6 Å². The average Bonchev–Trinajstić information content (AvgIpc) is 3.75. The van der Waals surface area contributed by atoms with Crippen LogP contribution in [0.3, 0.4) is 0 Å². The van der Waals surface area contributed by atoms with E-state index in [1.807, 2.05) is 66.7 Å². The van der Waals surface area contributed by atoms with Crippen LogP contribution in [0.15, 0.2) is 206 Å². The van der Waals surface area contributed by atoms with Gasteiger partial charge in [-0.05, 0) is 62.2 Å². The molecule has 0 saturated carbocycles. The molecule has 0 amide bonds. The number of para-hydroxylation sites is 1. The van der Waals surface area contributed by atoms with Crippen molar-refractivity contribution in [2.75, 3.05) is 0 Å². The summed E-state index contributed by atoms with van der Waals surface area (Å²) in [6.45, 7) is 0. The van der Waals surface area contributed by atoms with Crippen LogP contribution in [0.5, 0.6) is 0 Å². The molecule has 1 aromatic heterocycles. The highest BCUT2D eigenvalue weighted by Crippen LogP contribution is 2.66. The van der Waals surface area contributed by atoms with Gasteiger partial charge < -0.3 is 4.57 Å². The molecular weight excluding hydrogens is 686 g/mol. The predicted octanol–water partition coefficient (Wildman–Crippen LogP) is 11.6. The monoisotopic (exact) mass is 719 g/mol. The number of fused-ring (bicyclic) bond motifs is 12. The molecular formula is C52H34NOP. The summed E-state index contributed by atoms with van der Waals surface area (Å²) >= 11 is 0. The number of benzene rings is 8. The smallest absolute Gasteiger partial charge is 0.171 e. The molecule has 0 aliphatic heterocycles. The summed E-state index contributed by atoms with van der Waals surface area (Å²) in [5, 5.41) is 3.64. The van der Waals surface area contributed by atoms with Gasteiger partial charge in [-0.15, -0.1) is 0 Å². The highest BCUT2D eigenvalue weighted by atomic mass is 31.2. The molecule has 3 heteroatoms. The highest BCUT2D eigenvalue weighted by molar-refractivity contribution is 7.85. The lowest BCUT2D eigenvalue weighted by Crippen LogP contribution is -2.26. The van der Waals surface area contributed by atoms with E-state index >= 15 is 4.57 Å². The summed E-state index contributed by atoms with van der Waals surface area (Å²) in [4.78, 5) is 5.40. The van der Waals surface area contributed by atoms with E-state index < -0.39 is 12.6 Å². The molecule has 258 valence electrons. The van der Waals surface area contributed by atoms with Crippen molar-refractivity contribution in [2.45, 2.75) is 5.41 Å². The van der Waals surface area contributed by atoms with Crippen molar-refractivity contribution in [3.63, 3.8) is 0 Å². The lowest BCUT2D eigenvalue weighted by atomic mass is 9.69. The van der Waals surface area contributed by atoms with Crippen LogP contribution >= 0.6 is 7.14 Å². The van der Waals surface area contributed by atoms with Crippen LogP contribution in [-0.4, -0.2) is 4.98 Å². The molecule has 0 bridgehead atoms. The lowest BCUT2D eigenvalue weighted by Gasteiger charge is -2.31. The number of pyridine rings is 1. The second kappa shape index (κ2) is 12.2. The van der Waals surface area contributed by atoms with Crippen molar-refractivity contribution in [1.29, 1.82) is 0 Å². The molecule has 0 radical (unpaired) electrons. The summed E-state index contributed by atoms with van der Waals surface area (Å²) in [5.74, 6) is 0. The highest BCUT2D eigenvalue weighted by Gasteiger charge is 2.54. The molecule has 55 heavy (non-hydrogen) atoms. The average molecular weight is 720 g/mol. The third kappa shape index (κ3) is 4.44. The van der Waals surface area contributed by atoms with Crippen molar-refractivity contribution in [3.05, 3.63) is 229 Å². The maximum absolute atomic E-state index is 15.6. The fourth-order valence-electron chi connectivity index (χ4n) is 9.55. The molecule has 1 unspecified atom stereocenters. The van der Waals surface area contributed by atoms with Crippen molar-refractivity contribution in [2.24, 2.45) is 0 Å². The Morgan fingerprint density at radius 3 is 1.58 bits per heavy atom. The van der Waals surface area contributed by atoms with Crippen LogP contribution in [0.25, 0.3) is 55.5 Å². The van der Waals surface area contributed by atoms with Crippen LogP contribution < -0.4 is 15.9 Å². The van der Waals surface area contributed by atoms with E-state index in [4.69, 9.17) is 4.98 Å². The number of hydrogen-bond donors (Lipinski definition) is 0. The number of rotatable bonds is 5. The largest absolute Gasteiger partial charge is 0.309 e. The van der Waals surface area contributed by atoms with Gasteiger partial charge in [0, 0.05) is 32.4 Å². The van der Waals surface area contributed by atoms with Crippen molar-refractivity contribution >= 4 is 34.0 Å². The normalized spacial score (nSPS) is 15.1. The third-order valence-electron chi connectivity index (χ3n) is 11.7. The first kappa shape index (κ1) is 31.9. The Balaban J connectivity index is 1.22. The molecule has 2 aliphatic carbocycles. The van der Waals surface area contributed by atoms with Crippen LogP contribution in [0.2, 0.25) is 0 Å². The zero-order chi connectivity index (χ0) is 36.6. The molecule has 2 aliphatic rings. The standard InChI is InChI=1S/C52H34NOP/c54-55(37-21-6-2-7-22-37,38-23-8-3-9-24-38)39-25-16-20-36(34-39)40-29-17-32-46-48(40)41-26-10-13-30-44(41)52(46)45-31-14-11-27-42(45)49-50(52)43-28-12-15-33-47(43)53-51(49)35-18-4-1-5-19-35/h1-34H. The summed E-state index contributed by atoms with van der Waals surface area (Å²) in [5.41, 5.74) is 14.6. The predicted molar refractivity (Wildman–Crippen MR) is 228 cm³/mol. The van der Waals surface area contributed by atoms with Crippen LogP contribution in [-0.2, 0) is 9.98 Å². The topological polar surface area (TPSA) is 30.0 Å². The second-order valence-electron chi connectivity index (χ2n) is 14.5. The molecule has 11 rings (SSSR count).